The van der Waals surface area contributed by atoms with Crippen molar-refractivity contribution >= 4 is 6.41 Å². The van der Waals surface area contributed by atoms with E-state index in [-0.39, 0.29) is 12.0 Å². The fourth-order valence-electron chi connectivity index (χ4n) is 2.86. The van der Waals surface area contributed by atoms with Crippen molar-refractivity contribution in [3.8, 4) is 0 Å². The first-order valence-electron chi connectivity index (χ1n) is 7.22. The smallest absolute Gasteiger partial charge is 0.207 e. The Morgan fingerprint density at radius 1 is 0.952 bits per heavy atom. The van der Waals surface area contributed by atoms with Gasteiger partial charge in [0.25, 0.3) is 0 Å². The fraction of sp³-hybridized carbons (Fsp3) is 0.278. The van der Waals surface area contributed by atoms with Crippen LogP contribution in [0.1, 0.15) is 24.0 Å². The van der Waals surface area contributed by atoms with E-state index in [1.165, 1.54) is 0 Å². The molecule has 0 aliphatic carbocycles. The van der Waals surface area contributed by atoms with Gasteiger partial charge in [0.05, 0.1) is 0 Å². The Morgan fingerprint density at radius 2 is 1.48 bits per heavy atom. The molecule has 0 spiro atoms. The van der Waals surface area contributed by atoms with Gasteiger partial charge in [-0.2, -0.15) is 0 Å². The highest BCUT2D eigenvalue weighted by molar-refractivity contribution is 5.48. The maximum Gasteiger partial charge on any atom is 0.207 e. The average Bonchev–Trinajstić information content (AvgIpc) is 2.57. The van der Waals surface area contributed by atoms with Crippen LogP contribution in [0.5, 0.6) is 0 Å². The molecule has 3 heteroatoms. The van der Waals surface area contributed by atoms with Gasteiger partial charge in [0.15, 0.2) is 0 Å². The van der Waals surface area contributed by atoms with Crippen molar-refractivity contribution in [1.82, 2.24) is 5.32 Å². The van der Waals surface area contributed by atoms with E-state index < -0.39 is 0 Å². The fourth-order valence-corrected chi connectivity index (χ4v) is 2.86. The van der Waals surface area contributed by atoms with Crippen molar-refractivity contribution < 1.29 is 9.90 Å². The Balaban J connectivity index is 2.50. The van der Waals surface area contributed by atoms with Crippen LogP contribution in [-0.4, -0.2) is 24.7 Å². The lowest BCUT2D eigenvalue weighted by atomic mass is 9.71. The lowest BCUT2D eigenvalue weighted by Gasteiger charge is -2.35. The van der Waals surface area contributed by atoms with Crippen LogP contribution in [0.15, 0.2) is 60.7 Å². The number of nitrogens with one attached hydrogen (secondary N) is 1. The highest BCUT2D eigenvalue weighted by Gasteiger charge is 2.33. The van der Waals surface area contributed by atoms with Gasteiger partial charge in [-0.1, -0.05) is 60.7 Å². The van der Waals surface area contributed by atoms with E-state index in [4.69, 9.17) is 0 Å². The van der Waals surface area contributed by atoms with Crippen LogP contribution in [-0.2, 0) is 10.2 Å². The summed E-state index contributed by atoms with van der Waals surface area (Å²) in [6.07, 6.45) is 2.20. The van der Waals surface area contributed by atoms with Crippen LogP contribution in [0.4, 0.5) is 0 Å². The number of aliphatic hydroxyl groups excluding tert-OH is 1. The molecule has 0 aliphatic rings. The third kappa shape index (κ3) is 3.50. The highest BCUT2D eigenvalue weighted by atomic mass is 16.2. The molecule has 2 aromatic carbocycles. The van der Waals surface area contributed by atoms with Gasteiger partial charge in [0.1, 0.15) is 0 Å². The molecular weight excluding hydrogens is 262 g/mol. The first kappa shape index (κ1) is 15.3. The normalized spacial score (nSPS) is 11.1. The molecule has 0 aromatic heterocycles. The quantitative estimate of drug-likeness (QED) is 0.731. The summed E-state index contributed by atoms with van der Waals surface area (Å²) >= 11 is 0. The number of benzene rings is 2. The molecule has 1 amide bonds. The lowest BCUT2D eigenvalue weighted by molar-refractivity contribution is -0.109. The van der Waals surface area contributed by atoms with Crippen LogP contribution < -0.4 is 5.32 Å². The molecule has 0 heterocycles. The van der Waals surface area contributed by atoms with Crippen LogP contribution in [0, 0.1) is 0 Å². The zero-order chi connectivity index (χ0) is 15.0. The SMILES string of the molecule is O=CNCC(CCCO)(c1ccccc1)c1ccccc1. The molecule has 0 unspecified atom stereocenters. The third-order valence-electron chi connectivity index (χ3n) is 3.90. The van der Waals surface area contributed by atoms with Crippen molar-refractivity contribution in [2.24, 2.45) is 0 Å². The summed E-state index contributed by atoms with van der Waals surface area (Å²) in [7, 11) is 0. The van der Waals surface area contributed by atoms with Crippen molar-refractivity contribution in [1.29, 1.82) is 0 Å². The summed E-state index contributed by atoms with van der Waals surface area (Å²) in [6, 6.07) is 20.3. The predicted octanol–water partition coefficient (Wildman–Crippen LogP) is 2.49. The number of rotatable bonds is 8. The zero-order valence-electron chi connectivity index (χ0n) is 12.0. The molecule has 0 atom stereocenters. The van der Waals surface area contributed by atoms with E-state index in [0.717, 1.165) is 24.0 Å². The van der Waals surface area contributed by atoms with Gasteiger partial charge in [-0.15, -0.1) is 0 Å². The molecule has 0 saturated carbocycles. The summed E-state index contributed by atoms with van der Waals surface area (Å²) < 4.78 is 0. The van der Waals surface area contributed by atoms with Gasteiger partial charge in [-0.05, 0) is 24.0 Å². The number of hydrogen-bond donors (Lipinski definition) is 2. The Hall–Kier alpha value is -2.13. The van der Waals surface area contributed by atoms with Gasteiger partial charge in [-0.3, -0.25) is 4.79 Å². The summed E-state index contributed by atoms with van der Waals surface area (Å²) in [4.78, 5) is 10.8. The molecule has 110 valence electrons. The first-order valence-corrected chi connectivity index (χ1v) is 7.22. The van der Waals surface area contributed by atoms with E-state index in [0.29, 0.717) is 13.0 Å². The van der Waals surface area contributed by atoms with Crippen LogP contribution in [0.25, 0.3) is 0 Å². The second-order valence-corrected chi connectivity index (χ2v) is 5.14. The van der Waals surface area contributed by atoms with Crippen molar-refractivity contribution in [3.05, 3.63) is 71.8 Å². The second kappa shape index (κ2) is 7.60. The summed E-state index contributed by atoms with van der Waals surface area (Å²) in [5.74, 6) is 0. The second-order valence-electron chi connectivity index (χ2n) is 5.14. The Kier molecular flexibility index (Phi) is 5.52. The topological polar surface area (TPSA) is 49.3 Å². The predicted molar refractivity (Wildman–Crippen MR) is 84.1 cm³/mol. The van der Waals surface area contributed by atoms with E-state index in [2.05, 4.69) is 29.6 Å². The Bertz CT molecular complexity index is 500. The van der Waals surface area contributed by atoms with Gasteiger partial charge in [0.2, 0.25) is 6.41 Å². The van der Waals surface area contributed by atoms with Crippen molar-refractivity contribution in [2.75, 3.05) is 13.2 Å². The lowest BCUT2D eigenvalue weighted by Crippen LogP contribution is -2.39. The molecule has 0 aliphatic heterocycles. The highest BCUT2D eigenvalue weighted by Crippen LogP contribution is 2.36. The monoisotopic (exact) mass is 283 g/mol. The number of amides is 1. The molecule has 2 aromatic rings. The van der Waals surface area contributed by atoms with Gasteiger partial charge in [-0.25, -0.2) is 0 Å². The minimum absolute atomic E-state index is 0.141. The number of carbonyl (C=O) groups excluding carboxylic acids is 1. The van der Waals surface area contributed by atoms with Crippen molar-refractivity contribution in [3.63, 3.8) is 0 Å². The van der Waals surface area contributed by atoms with Gasteiger partial charge >= 0.3 is 0 Å². The average molecular weight is 283 g/mol. The largest absolute Gasteiger partial charge is 0.396 e. The summed E-state index contributed by atoms with van der Waals surface area (Å²) in [5, 5.41) is 12.1. The molecule has 2 N–H and O–H groups in total. The van der Waals surface area contributed by atoms with Crippen molar-refractivity contribution in [2.45, 2.75) is 18.3 Å². The number of hydrogen-bond acceptors (Lipinski definition) is 2. The van der Waals surface area contributed by atoms with Gasteiger partial charge < -0.3 is 10.4 Å². The van der Waals surface area contributed by atoms with E-state index >= 15 is 0 Å². The van der Waals surface area contributed by atoms with Crippen LogP contribution in [0.2, 0.25) is 0 Å². The van der Waals surface area contributed by atoms with E-state index in [1.54, 1.807) is 0 Å². The molecular formula is C18H21NO2. The summed E-state index contributed by atoms with van der Waals surface area (Å²) in [5.41, 5.74) is 1.99. The third-order valence-corrected chi connectivity index (χ3v) is 3.90. The minimum Gasteiger partial charge on any atom is -0.396 e. The van der Waals surface area contributed by atoms with E-state index in [9.17, 15) is 9.90 Å². The standard InChI is InChI=1S/C18H21NO2/c20-13-7-12-18(14-19-15-21,16-8-3-1-4-9-16)17-10-5-2-6-11-17/h1-6,8-11,15,20H,7,12-14H2,(H,19,21). The molecule has 0 radical (unpaired) electrons. The van der Waals surface area contributed by atoms with Crippen LogP contribution >= 0.6 is 0 Å². The maximum atomic E-state index is 10.8. The molecule has 21 heavy (non-hydrogen) atoms. The zero-order valence-corrected chi connectivity index (χ0v) is 12.0. The Labute approximate surface area is 125 Å². The molecule has 2 rings (SSSR count). The molecule has 0 fully saturated rings. The number of carbonyl (C=O) groups is 1. The summed E-state index contributed by atoms with van der Waals surface area (Å²) in [6.45, 7) is 0.660. The molecule has 0 saturated heterocycles. The molecule has 0 bridgehead atoms. The minimum atomic E-state index is -0.313. The Morgan fingerprint density at radius 3 is 1.90 bits per heavy atom. The van der Waals surface area contributed by atoms with E-state index in [1.807, 2.05) is 36.4 Å². The molecule has 3 nitrogen and oxygen atoms in total. The van der Waals surface area contributed by atoms with Gasteiger partial charge in [0, 0.05) is 18.6 Å². The maximum absolute atomic E-state index is 10.8. The first-order chi connectivity index (χ1) is 10.3. The van der Waals surface area contributed by atoms with Crippen LogP contribution in [0.3, 0.4) is 0 Å². The number of aliphatic hydroxyl groups is 1.